The van der Waals surface area contributed by atoms with Crippen molar-refractivity contribution in [3.05, 3.63) is 53.6 Å². The number of alkyl halides is 3. The predicted molar refractivity (Wildman–Crippen MR) is 92.0 cm³/mol. The molecule has 0 radical (unpaired) electrons. The minimum atomic E-state index is -4.51. The van der Waals surface area contributed by atoms with E-state index in [1.54, 1.807) is 37.5 Å². The van der Waals surface area contributed by atoms with Crippen LogP contribution in [0.4, 0.5) is 18.9 Å². The lowest BCUT2D eigenvalue weighted by Gasteiger charge is -2.17. The number of carbonyl (C=O) groups excluding carboxylic acids is 1. The average molecular weight is 378 g/mol. The Hall–Kier alpha value is -3.01. The second-order valence-corrected chi connectivity index (χ2v) is 6.22. The van der Waals surface area contributed by atoms with Gasteiger partial charge in [0.05, 0.1) is 12.0 Å². The number of fused-ring (bicyclic) bond motifs is 1. The van der Waals surface area contributed by atoms with Gasteiger partial charge in [-0.2, -0.15) is 18.2 Å². The number of halogens is 3. The third-order valence-electron chi connectivity index (χ3n) is 3.66. The van der Waals surface area contributed by atoms with Gasteiger partial charge < -0.3 is 10.2 Å². The van der Waals surface area contributed by atoms with Crippen molar-refractivity contribution in [2.24, 2.45) is 0 Å². The monoisotopic (exact) mass is 378 g/mol. The van der Waals surface area contributed by atoms with Gasteiger partial charge in [-0.05, 0) is 37.9 Å². The number of carbonyl (C=O) groups is 1. The highest BCUT2D eigenvalue weighted by molar-refractivity contribution is 5.92. The third-order valence-corrected chi connectivity index (χ3v) is 3.66. The molecule has 2 heterocycles. The lowest BCUT2D eigenvalue weighted by molar-refractivity contribution is -0.138. The largest absolute Gasteiger partial charge is 0.416 e. The van der Waals surface area contributed by atoms with Gasteiger partial charge in [-0.25, -0.2) is 9.50 Å². The van der Waals surface area contributed by atoms with Crippen molar-refractivity contribution in [2.45, 2.75) is 19.1 Å². The zero-order valence-corrected chi connectivity index (χ0v) is 14.7. The van der Waals surface area contributed by atoms with E-state index in [0.717, 1.165) is 6.07 Å². The van der Waals surface area contributed by atoms with E-state index in [4.69, 9.17) is 0 Å². The normalized spacial score (nSPS) is 11.9. The fourth-order valence-corrected chi connectivity index (χ4v) is 2.60. The van der Waals surface area contributed by atoms with Crippen molar-refractivity contribution in [1.29, 1.82) is 0 Å². The molecule has 2 aromatic heterocycles. The van der Waals surface area contributed by atoms with E-state index in [-0.39, 0.29) is 30.0 Å². The number of anilines is 1. The van der Waals surface area contributed by atoms with Gasteiger partial charge in [-0.15, -0.1) is 5.10 Å². The Kier molecular flexibility index (Phi) is 5.08. The summed E-state index contributed by atoms with van der Waals surface area (Å²) >= 11 is 0. The molecule has 10 heteroatoms. The molecule has 27 heavy (non-hydrogen) atoms. The summed E-state index contributed by atoms with van der Waals surface area (Å²) in [7, 11) is 3.37. The van der Waals surface area contributed by atoms with Crippen molar-refractivity contribution < 1.29 is 18.0 Å². The molecule has 3 aromatic rings. The molecule has 0 aliphatic rings. The van der Waals surface area contributed by atoms with E-state index in [1.165, 1.54) is 16.6 Å². The Balaban J connectivity index is 1.76. The second kappa shape index (κ2) is 7.31. The molecule has 1 aromatic carbocycles. The molecule has 0 fully saturated rings. The molecule has 1 N–H and O–H groups in total. The van der Waals surface area contributed by atoms with E-state index in [0.29, 0.717) is 5.78 Å². The van der Waals surface area contributed by atoms with E-state index in [2.05, 4.69) is 20.4 Å². The summed E-state index contributed by atoms with van der Waals surface area (Å²) in [5, 5.41) is 6.56. The number of benzene rings is 1. The van der Waals surface area contributed by atoms with Crippen LogP contribution in [0, 0.1) is 0 Å². The average Bonchev–Trinajstić information content (AvgIpc) is 2.96. The Morgan fingerprint density at radius 1 is 1.30 bits per heavy atom. The Labute approximate surface area is 152 Å². The molecule has 1 amide bonds. The fraction of sp³-hybridized carbons (Fsp3) is 0.294. The van der Waals surface area contributed by atoms with Crippen LogP contribution in [-0.4, -0.2) is 44.5 Å². The topological polar surface area (TPSA) is 75.4 Å². The van der Waals surface area contributed by atoms with E-state index < -0.39 is 17.6 Å². The van der Waals surface area contributed by atoms with Crippen molar-refractivity contribution in [2.75, 3.05) is 19.4 Å². The first-order chi connectivity index (χ1) is 12.7. The second-order valence-electron chi connectivity index (χ2n) is 6.22. The summed E-state index contributed by atoms with van der Waals surface area (Å²) < 4.78 is 41.4. The van der Waals surface area contributed by atoms with Crippen LogP contribution in [0.25, 0.3) is 5.78 Å². The zero-order chi connectivity index (χ0) is 19.6. The van der Waals surface area contributed by atoms with Crippen molar-refractivity contribution >= 4 is 17.4 Å². The number of amides is 1. The number of nitrogens with one attached hydrogen (secondary N) is 1. The SMILES string of the molecule is CN(C)Cc1ccc(NC(=O)Cc2nc3ncccn3n2)cc1C(F)(F)F. The van der Waals surface area contributed by atoms with Gasteiger partial charge in [0.1, 0.15) is 0 Å². The van der Waals surface area contributed by atoms with Crippen LogP contribution in [0.1, 0.15) is 17.0 Å². The summed E-state index contributed by atoms with van der Waals surface area (Å²) in [6, 6.07) is 5.42. The molecule has 0 bridgehead atoms. The predicted octanol–water partition coefficient (Wildman–Crippen LogP) is 2.39. The molecule has 0 aliphatic heterocycles. The van der Waals surface area contributed by atoms with Gasteiger partial charge in [0.2, 0.25) is 5.91 Å². The van der Waals surface area contributed by atoms with Gasteiger partial charge in [0.25, 0.3) is 5.78 Å². The van der Waals surface area contributed by atoms with Crippen molar-refractivity contribution in [3.63, 3.8) is 0 Å². The summed E-state index contributed by atoms with van der Waals surface area (Å²) in [4.78, 5) is 21.9. The summed E-state index contributed by atoms with van der Waals surface area (Å²) in [6.45, 7) is 0.140. The fourth-order valence-electron chi connectivity index (χ4n) is 2.60. The molecule has 0 unspecified atom stereocenters. The van der Waals surface area contributed by atoms with Gasteiger partial charge in [-0.3, -0.25) is 4.79 Å². The number of nitrogens with zero attached hydrogens (tertiary/aromatic N) is 5. The number of rotatable bonds is 5. The van der Waals surface area contributed by atoms with Crippen molar-refractivity contribution in [3.8, 4) is 0 Å². The smallest absolute Gasteiger partial charge is 0.326 e. The molecular weight excluding hydrogens is 361 g/mol. The van der Waals surface area contributed by atoms with E-state index in [1.807, 2.05) is 0 Å². The Morgan fingerprint density at radius 3 is 2.74 bits per heavy atom. The first-order valence-electron chi connectivity index (χ1n) is 8.03. The minimum Gasteiger partial charge on any atom is -0.326 e. The van der Waals surface area contributed by atoms with Gasteiger partial charge >= 0.3 is 6.18 Å². The Bertz CT molecular complexity index is 934. The molecule has 0 saturated heterocycles. The van der Waals surface area contributed by atoms with Crippen molar-refractivity contribution in [1.82, 2.24) is 24.5 Å². The molecule has 7 nitrogen and oxygen atoms in total. The number of aromatic nitrogens is 4. The highest BCUT2D eigenvalue weighted by Gasteiger charge is 2.33. The quantitative estimate of drug-likeness (QED) is 0.738. The maximum Gasteiger partial charge on any atom is 0.416 e. The summed E-state index contributed by atoms with van der Waals surface area (Å²) in [5.41, 5.74) is -0.570. The van der Waals surface area contributed by atoms with Crippen LogP contribution in [0.3, 0.4) is 0 Å². The number of hydrogen-bond donors (Lipinski definition) is 1. The summed E-state index contributed by atoms with van der Waals surface area (Å²) in [6.07, 6.45) is -1.51. The van der Waals surface area contributed by atoms with Crippen LogP contribution in [-0.2, 0) is 23.9 Å². The molecule has 0 spiro atoms. The van der Waals surface area contributed by atoms with Gasteiger partial charge in [-0.1, -0.05) is 6.07 Å². The minimum absolute atomic E-state index is 0.0664. The van der Waals surface area contributed by atoms with Gasteiger partial charge in [0.15, 0.2) is 5.82 Å². The molecule has 0 atom stereocenters. The first kappa shape index (κ1) is 18.8. The molecule has 3 rings (SSSR count). The lowest BCUT2D eigenvalue weighted by atomic mass is 10.1. The highest BCUT2D eigenvalue weighted by Crippen LogP contribution is 2.34. The maximum atomic E-state index is 13.3. The highest BCUT2D eigenvalue weighted by atomic mass is 19.4. The number of hydrogen-bond acceptors (Lipinski definition) is 5. The lowest BCUT2D eigenvalue weighted by Crippen LogP contribution is -2.19. The Morgan fingerprint density at radius 2 is 2.07 bits per heavy atom. The summed E-state index contributed by atoms with van der Waals surface area (Å²) in [5.74, 6) is 0.0542. The molecular formula is C17H17F3N6O. The third kappa shape index (κ3) is 4.59. The van der Waals surface area contributed by atoms with Crippen LogP contribution in [0.15, 0.2) is 36.7 Å². The van der Waals surface area contributed by atoms with Crippen LogP contribution >= 0.6 is 0 Å². The molecule has 142 valence electrons. The molecule has 0 saturated carbocycles. The van der Waals surface area contributed by atoms with Crippen LogP contribution in [0.5, 0.6) is 0 Å². The van der Waals surface area contributed by atoms with Gasteiger partial charge in [0, 0.05) is 24.6 Å². The standard InChI is InChI=1S/C17H17F3N6O/c1-25(2)10-11-4-5-12(8-13(11)17(18,19)20)22-15(27)9-14-23-16-21-6-3-7-26(16)24-14/h3-8H,9-10H2,1-2H3,(H,22,27). The van der Waals surface area contributed by atoms with E-state index >= 15 is 0 Å². The maximum absolute atomic E-state index is 13.3. The van der Waals surface area contributed by atoms with E-state index in [9.17, 15) is 18.0 Å². The van der Waals surface area contributed by atoms with Crippen LogP contribution < -0.4 is 5.32 Å². The molecule has 0 aliphatic carbocycles. The zero-order valence-electron chi connectivity index (χ0n) is 14.7. The van der Waals surface area contributed by atoms with Crippen LogP contribution in [0.2, 0.25) is 0 Å². The first-order valence-corrected chi connectivity index (χ1v) is 8.03.